The Kier molecular flexibility index (Phi) is 4.22. The molecule has 2 aromatic rings. The quantitative estimate of drug-likeness (QED) is 0.915. The minimum atomic E-state index is -0.782. The van der Waals surface area contributed by atoms with Crippen LogP contribution in [0.15, 0.2) is 36.5 Å². The van der Waals surface area contributed by atoms with E-state index in [2.05, 4.69) is 10.3 Å². The van der Waals surface area contributed by atoms with Gasteiger partial charge in [0.1, 0.15) is 0 Å². The lowest BCUT2D eigenvalue weighted by Crippen LogP contribution is -2.21. The second kappa shape index (κ2) is 5.89. The lowest BCUT2D eigenvalue weighted by Gasteiger charge is -2.17. The van der Waals surface area contributed by atoms with Crippen LogP contribution in [-0.2, 0) is 6.42 Å². The Labute approximate surface area is 111 Å². The van der Waals surface area contributed by atoms with E-state index in [9.17, 15) is 8.78 Å². The van der Waals surface area contributed by atoms with Crippen LogP contribution in [0.3, 0.4) is 0 Å². The SMILES string of the molecule is CNC(Cc1ccccn1)c1ccc(C)c(F)c1F. The first-order valence-electron chi connectivity index (χ1n) is 6.15. The number of aromatic nitrogens is 1. The van der Waals surface area contributed by atoms with Crippen molar-refractivity contribution in [1.82, 2.24) is 10.3 Å². The minimum Gasteiger partial charge on any atom is -0.313 e. The van der Waals surface area contributed by atoms with Gasteiger partial charge in [-0.25, -0.2) is 8.78 Å². The summed E-state index contributed by atoms with van der Waals surface area (Å²) in [5, 5.41) is 3.01. The molecule has 1 N–H and O–H groups in total. The van der Waals surface area contributed by atoms with Gasteiger partial charge < -0.3 is 5.32 Å². The topological polar surface area (TPSA) is 24.9 Å². The molecule has 0 radical (unpaired) electrons. The van der Waals surface area contributed by atoms with Crippen molar-refractivity contribution in [2.45, 2.75) is 19.4 Å². The van der Waals surface area contributed by atoms with Crippen molar-refractivity contribution in [1.29, 1.82) is 0 Å². The van der Waals surface area contributed by atoms with Crippen molar-refractivity contribution in [3.05, 3.63) is 65.0 Å². The van der Waals surface area contributed by atoms with Crippen molar-refractivity contribution in [2.75, 3.05) is 7.05 Å². The molecule has 0 bridgehead atoms. The first-order chi connectivity index (χ1) is 9.13. The Morgan fingerprint density at radius 1 is 1.16 bits per heavy atom. The van der Waals surface area contributed by atoms with Gasteiger partial charge in [0.15, 0.2) is 11.6 Å². The number of benzene rings is 1. The second-order valence-electron chi connectivity index (χ2n) is 4.47. The third kappa shape index (κ3) is 2.96. The Bertz CT molecular complexity index is 556. The van der Waals surface area contributed by atoms with Gasteiger partial charge in [0.2, 0.25) is 0 Å². The minimum absolute atomic E-state index is 0.301. The highest BCUT2D eigenvalue weighted by Gasteiger charge is 2.19. The largest absolute Gasteiger partial charge is 0.313 e. The second-order valence-corrected chi connectivity index (χ2v) is 4.47. The molecule has 0 amide bonds. The van der Waals surface area contributed by atoms with Crippen LogP contribution in [0.25, 0.3) is 0 Å². The molecule has 1 atom stereocenters. The predicted molar refractivity (Wildman–Crippen MR) is 70.8 cm³/mol. The van der Waals surface area contributed by atoms with Gasteiger partial charge in [0.25, 0.3) is 0 Å². The number of hydrogen-bond acceptors (Lipinski definition) is 2. The molecule has 0 fully saturated rings. The van der Waals surface area contributed by atoms with E-state index in [1.165, 1.54) is 0 Å². The molecule has 0 saturated heterocycles. The Morgan fingerprint density at radius 3 is 2.58 bits per heavy atom. The zero-order valence-electron chi connectivity index (χ0n) is 11.0. The highest BCUT2D eigenvalue weighted by atomic mass is 19.2. The van der Waals surface area contributed by atoms with Crippen molar-refractivity contribution >= 4 is 0 Å². The molecule has 1 aromatic heterocycles. The maximum atomic E-state index is 14.0. The number of rotatable bonds is 4. The van der Waals surface area contributed by atoms with Gasteiger partial charge in [0, 0.05) is 29.9 Å². The number of likely N-dealkylation sites (N-methyl/N-ethyl adjacent to an activating group) is 1. The van der Waals surface area contributed by atoms with Gasteiger partial charge in [-0.2, -0.15) is 0 Å². The summed E-state index contributed by atoms with van der Waals surface area (Å²) in [6.45, 7) is 1.55. The molecule has 0 spiro atoms. The van der Waals surface area contributed by atoms with Crippen molar-refractivity contribution in [3.63, 3.8) is 0 Å². The number of hydrogen-bond donors (Lipinski definition) is 1. The normalized spacial score (nSPS) is 12.4. The van der Waals surface area contributed by atoms with E-state index in [4.69, 9.17) is 0 Å². The summed E-state index contributed by atoms with van der Waals surface area (Å²) in [5.74, 6) is -1.56. The number of nitrogens with zero attached hydrogens (tertiary/aromatic N) is 1. The summed E-state index contributed by atoms with van der Waals surface area (Å²) in [7, 11) is 1.73. The number of halogens is 2. The van der Waals surface area contributed by atoms with E-state index in [0.717, 1.165) is 5.69 Å². The van der Waals surface area contributed by atoms with Crippen LogP contribution >= 0.6 is 0 Å². The summed E-state index contributed by atoms with van der Waals surface area (Å²) in [6.07, 6.45) is 2.20. The maximum absolute atomic E-state index is 14.0. The molecule has 0 saturated carbocycles. The summed E-state index contributed by atoms with van der Waals surface area (Å²) >= 11 is 0. The van der Waals surface area contributed by atoms with Gasteiger partial charge in [-0.1, -0.05) is 18.2 Å². The van der Waals surface area contributed by atoms with E-state index in [1.54, 1.807) is 32.3 Å². The highest BCUT2D eigenvalue weighted by Crippen LogP contribution is 2.23. The molecule has 19 heavy (non-hydrogen) atoms. The van der Waals surface area contributed by atoms with E-state index < -0.39 is 11.6 Å². The molecule has 1 heterocycles. The molecule has 0 aliphatic rings. The monoisotopic (exact) mass is 262 g/mol. The average molecular weight is 262 g/mol. The standard InChI is InChI=1S/C15H16F2N2/c1-10-6-7-12(15(17)14(10)16)13(18-2)9-11-5-3-4-8-19-11/h3-8,13,18H,9H2,1-2H3. The summed E-state index contributed by atoms with van der Waals surface area (Å²) in [4.78, 5) is 4.21. The molecule has 100 valence electrons. The lowest BCUT2D eigenvalue weighted by atomic mass is 9.99. The number of pyridine rings is 1. The fraction of sp³-hybridized carbons (Fsp3) is 0.267. The van der Waals surface area contributed by atoms with E-state index >= 15 is 0 Å². The third-order valence-electron chi connectivity index (χ3n) is 3.17. The summed E-state index contributed by atoms with van der Waals surface area (Å²) in [6, 6.07) is 8.48. The summed E-state index contributed by atoms with van der Waals surface area (Å²) < 4.78 is 27.6. The Morgan fingerprint density at radius 2 is 1.95 bits per heavy atom. The Hall–Kier alpha value is -1.81. The number of aryl methyl sites for hydroxylation is 1. The third-order valence-corrected chi connectivity index (χ3v) is 3.17. The zero-order chi connectivity index (χ0) is 13.8. The maximum Gasteiger partial charge on any atom is 0.163 e. The Balaban J connectivity index is 2.30. The molecular formula is C15H16F2N2. The number of nitrogens with one attached hydrogen (secondary N) is 1. The van der Waals surface area contributed by atoms with Crippen molar-refractivity contribution < 1.29 is 8.78 Å². The lowest BCUT2D eigenvalue weighted by molar-refractivity contribution is 0.468. The molecule has 4 heteroatoms. The van der Waals surface area contributed by atoms with Crippen molar-refractivity contribution in [2.24, 2.45) is 0 Å². The molecular weight excluding hydrogens is 246 g/mol. The van der Waals surface area contributed by atoms with E-state index in [0.29, 0.717) is 17.5 Å². The first-order valence-corrected chi connectivity index (χ1v) is 6.15. The molecule has 2 rings (SSSR count). The zero-order valence-corrected chi connectivity index (χ0v) is 11.0. The van der Waals surface area contributed by atoms with Crippen LogP contribution in [0.4, 0.5) is 8.78 Å². The average Bonchev–Trinajstić information content (AvgIpc) is 2.44. The van der Waals surface area contributed by atoms with E-state index in [1.807, 2.05) is 18.2 Å². The predicted octanol–water partition coefficient (Wildman–Crippen LogP) is 3.17. The van der Waals surface area contributed by atoms with Crippen LogP contribution in [0.1, 0.15) is 22.9 Å². The highest BCUT2D eigenvalue weighted by molar-refractivity contribution is 5.28. The molecule has 0 aliphatic carbocycles. The fourth-order valence-corrected chi connectivity index (χ4v) is 2.03. The van der Waals surface area contributed by atoms with Crippen LogP contribution in [0, 0.1) is 18.6 Å². The van der Waals surface area contributed by atoms with Crippen molar-refractivity contribution in [3.8, 4) is 0 Å². The van der Waals surface area contributed by atoms with Crippen LogP contribution < -0.4 is 5.32 Å². The first kappa shape index (κ1) is 13.6. The van der Waals surface area contributed by atoms with Gasteiger partial charge in [0.05, 0.1) is 0 Å². The van der Waals surface area contributed by atoms with Gasteiger partial charge in [-0.05, 0) is 31.7 Å². The van der Waals surface area contributed by atoms with Crippen LogP contribution in [0.5, 0.6) is 0 Å². The van der Waals surface area contributed by atoms with E-state index in [-0.39, 0.29) is 6.04 Å². The molecule has 0 aliphatic heterocycles. The van der Waals surface area contributed by atoms with Gasteiger partial charge in [-0.3, -0.25) is 4.98 Å². The van der Waals surface area contributed by atoms with Gasteiger partial charge >= 0.3 is 0 Å². The van der Waals surface area contributed by atoms with Gasteiger partial charge in [-0.15, -0.1) is 0 Å². The fourth-order valence-electron chi connectivity index (χ4n) is 2.03. The smallest absolute Gasteiger partial charge is 0.163 e. The van der Waals surface area contributed by atoms with Crippen LogP contribution in [-0.4, -0.2) is 12.0 Å². The molecule has 2 nitrogen and oxygen atoms in total. The summed E-state index contributed by atoms with van der Waals surface area (Å²) in [5.41, 5.74) is 1.48. The molecule has 1 aromatic carbocycles. The van der Waals surface area contributed by atoms with Crippen LogP contribution in [0.2, 0.25) is 0 Å². The molecule has 1 unspecified atom stereocenters.